The molecule has 1 saturated heterocycles. The van der Waals surface area contributed by atoms with Crippen molar-refractivity contribution in [2.24, 2.45) is 0 Å². The highest BCUT2D eigenvalue weighted by Gasteiger charge is 2.32. The van der Waals surface area contributed by atoms with Crippen LogP contribution in [0.15, 0.2) is 28.8 Å². The summed E-state index contributed by atoms with van der Waals surface area (Å²) in [6.07, 6.45) is 0.284. The Bertz CT molecular complexity index is 717. The highest BCUT2D eigenvalue weighted by atomic mass is 35.5. The molecule has 0 saturated carbocycles. The van der Waals surface area contributed by atoms with Gasteiger partial charge in [0, 0.05) is 17.5 Å². The van der Waals surface area contributed by atoms with Crippen LogP contribution in [0.2, 0.25) is 5.02 Å². The molecule has 0 spiro atoms. The Hall–Kier alpha value is -1.92. The maximum absolute atomic E-state index is 12.7. The number of hydrogen-bond acceptors (Lipinski definition) is 5. The second kappa shape index (κ2) is 7.32. The summed E-state index contributed by atoms with van der Waals surface area (Å²) in [5.74, 6) is 1.21. The minimum atomic E-state index is -0.318. The Labute approximate surface area is 145 Å². The first-order chi connectivity index (χ1) is 11.5. The Morgan fingerprint density at radius 3 is 3.00 bits per heavy atom. The van der Waals surface area contributed by atoms with E-state index in [1.54, 1.807) is 17.0 Å². The third-order valence-corrected chi connectivity index (χ3v) is 4.18. The molecule has 2 aromatic rings. The van der Waals surface area contributed by atoms with E-state index in [1.165, 1.54) is 0 Å². The molecule has 0 aliphatic carbocycles. The standard InChI is InChI=1S/C17H20ClN3O3/c1-11(2)17-19-16(20-24-17)14-10-23-7-6-21(14)15(22)9-12-4-3-5-13(18)8-12/h3-5,8,11,14H,6-7,9-10H2,1-2H3. The van der Waals surface area contributed by atoms with Crippen molar-refractivity contribution in [2.45, 2.75) is 32.2 Å². The van der Waals surface area contributed by atoms with E-state index in [1.807, 2.05) is 26.0 Å². The molecule has 6 nitrogen and oxygen atoms in total. The van der Waals surface area contributed by atoms with Crippen LogP contribution in [0.4, 0.5) is 0 Å². The second-order valence-corrected chi connectivity index (χ2v) is 6.57. The summed E-state index contributed by atoms with van der Waals surface area (Å²) < 4.78 is 10.8. The molecule has 7 heteroatoms. The third-order valence-electron chi connectivity index (χ3n) is 3.94. The van der Waals surface area contributed by atoms with E-state index in [2.05, 4.69) is 10.1 Å². The van der Waals surface area contributed by atoms with Gasteiger partial charge >= 0.3 is 0 Å². The number of amides is 1. The van der Waals surface area contributed by atoms with E-state index < -0.39 is 0 Å². The Kier molecular flexibility index (Phi) is 5.16. The van der Waals surface area contributed by atoms with Crippen molar-refractivity contribution in [1.29, 1.82) is 0 Å². The molecule has 2 heterocycles. The van der Waals surface area contributed by atoms with Crippen LogP contribution in [0.1, 0.15) is 43.1 Å². The van der Waals surface area contributed by atoms with Crippen LogP contribution in [-0.2, 0) is 16.0 Å². The summed E-state index contributed by atoms with van der Waals surface area (Å²) in [6, 6.07) is 7.02. The molecule has 0 N–H and O–H groups in total. The van der Waals surface area contributed by atoms with Crippen LogP contribution >= 0.6 is 11.6 Å². The SMILES string of the molecule is CC(C)c1nc(C2COCCN2C(=O)Cc2cccc(Cl)c2)no1. The molecule has 1 atom stereocenters. The van der Waals surface area contributed by atoms with Crippen molar-refractivity contribution >= 4 is 17.5 Å². The number of carbonyl (C=O) groups excluding carboxylic acids is 1. The minimum Gasteiger partial charge on any atom is -0.377 e. The monoisotopic (exact) mass is 349 g/mol. The molecule has 3 rings (SSSR count). The maximum atomic E-state index is 12.7. The number of morpholine rings is 1. The van der Waals surface area contributed by atoms with Crippen molar-refractivity contribution in [2.75, 3.05) is 19.8 Å². The highest BCUT2D eigenvalue weighted by Crippen LogP contribution is 2.24. The molecule has 0 bridgehead atoms. The fraction of sp³-hybridized carbons (Fsp3) is 0.471. The Morgan fingerprint density at radius 2 is 2.29 bits per heavy atom. The van der Waals surface area contributed by atoms with E-state index >= 15 is 0 Å². The summed E-state index contributed by atoms with van der Waals surface area (Å²) in [4.78, 5) is 18.9. The van der Waals surface area contributed by atoms with Gasteiger partial charge in [0.25, 0.3) is 0 Å². The molecule has 1 aliphatic rings. The van der Waals surface area contributed by atoms with Crippen LogP contribution in [0.3, 0.4) is 0 Å². The largest absolute Gasteiger partial charge is 0.377 e. The normalized spacial score (nSPS) is 18.2. The number of nitrogens with zero attached hydrogens (tertiary/aromatic N) is 3. The lowest BCUT2D eigenvalue weighted by Crippen LogP contribution is -2.44. The first kappa shape index (κ1) is 16.9. The predicted octanol–water partition coefficient (Wildman–Crippen LogP) is 2.99. The van der Waals surface area contributed by atoms with Gasteiger partial charge in [0.1, 0.15) is 6.04 Å². The second-order valence-electron chi connectivity index (χ2n) is 6.13. The van der Waals surface area contributed by atoms with Gasteiger partial charge in [-0.1, -0.05) is 42.7 Å². The Balaban J connectivity index is 1.77. The van der Waals surface area contributed by atoms with Gasteiger partial charge in [-0.3, -0.25) is 4.79 Å². The zero-order valence-electron chi connectivity index (χ0n) is 13.7. The molecule has 1 aromatic carbocycles. The van der Waals surface area contributed by atoms with Crippen LogP contribution in [0, 0.1) is 0 Å². The molecular formula is C17H20ClN3O3. The van der Waals surface area contributed by atoms with Gasteiger partial charge in [-0.15, -0.1) is 0 Å². The first-order valence-electron chi connectivity index (χ1n) is 7.99. The van der Waals surface area contributed by atoms with Crippen molar-refractivity contribution in [3.05, 3.63) is 46.6 Å². The highest BCUT2D eigenvalue weighted by molar-refractivity contribution is 6.30. The van der Waals surface area contributed by atoms with Crippen molar-refractivity contribution in [3.8, 4) is 0 Å². The van der Waals surface area contributed by atoms with Gasteiger partial charge in [0.2, 0.25) is 11.8 Å². The zero-order valence-corrected chi connectivity index (χ0v) is 14.5. The minimum absolute atomic E-state index is 0.00136. The number of carbonyl (C=O) groups is 1. The smallest absolute Gasteiger partial charge is 0.229 e. The lowest BCUT2D eigenvalue weighted by molar-refractivity contribution is -0.139. The van der Waals surface area contributed by atoms with Crippen LogP contribution in [0.5, 0.6) is 0 Å². The fourth-order valence-corrected chi connectivity index (χ4v) is 2.87. The van der Waals surface area contributed by atoms with Crippen molar-refractivity contribution in [1.82, 2.24) is 15.0 Å². The van der Waals surface area contributed by atoms with Gasteiger partial charge in [0.15, 0.2) is 5.82 Å². The van der Waals surface area contributed by atoms with E-state index in [0.29, 0.717) is 36.5 Å². The summed E-state index contributed by atoms with van der Waals surface area (Å²) in [6.45, 7) is 5.36. The predicted molar refractivity (Wildman–Crippen MR) is 88.8 cm³/mol. The Morgan fingerprint density at radius 1 is 1.46 bits per heavy atom. The molecule has 0 radical (unpaired) electrons. The van der Waals surface area contributed by atoms with Gasteiger partial charge in [-0.2, -0.15) is 4.98 Å². The van der Waals surface area contributed by atoms with Gasteiger partial charge in [-0.05, 0) is 17.7 Å². The number of benzene rings is 1. The average molecular weight is 350 g/mol. The van der Waals surface area contributed by atoms with E-state index in [4.69, 9.17) is 20.9 Å². The number of ether oxygens (including phenoxy) is 1. The molecular weight excluding hydrogens is 330 g/mol. The van der Waals surface area contributed by atoms with Gasteiger partial charge in [0.05, 0.1) is 19.6 Å². The van der Waals surface area contributed by atoms with Crippen LogP contribution < -0.4 is 0 Å². The zero-order chi connectivity index (χ0) is 17.1. The van der Waals surface area contributed by atoms with Crippen molar-refractivity contribution < 1.29 is 14.1 Å². The maximum Gasteiger partial charge on any atom is 0.229 e. The lowest BCUT2D eigenvalue weighted by atomic mass is 10.1. The van der Waals surface area contributed by atoms with Crippen molar-refractivity contribution in [3.63, 3.8) is 0 Å². The summed E-state index contributed by atoms with van der Waals surface area (Å²) in [5, 5.41) is 4.66. The summed E-state index contributed by atoms with van der Waals surface area (Å²) >= 11 is 5.99. The molecule has 128 valence electrons. The molecule has 1 unspecified atom stereocenters. The lowest BCUT2D eigenvalue weighted by Gasteiger charge is -2.33. The number of aromatic nitrogens is 2. The van der Waals surface area contributed by atoms with Gasteiger partial charge < -0.3 is 14.2 Å². The molecule has 1 aromatic heterocycles. The summed E-state index contributed by atoms with van der Waals surface area (Å²) in [5.41, 5.74) is 0.883. The van der Waals surface area contributed by atoms with Crippen LogP contribution in [0.25, 0.3) is 0 Å². The van der Waals surface area contributed by atoms with E-state index in [-0.39, 0.29) is 24.3 Å². The number of rotatable bonds is 4. The topological polar surface area (TPSA) is 68.5 Å². The number of halogens is 1. The van der Waals surface area contributed by atoms with E-state index in [0.717, 1.165) is 5.56 Å². The number of hydrogen-bond donors (Lipinski definition) is 0. The molecule has 1 fully saturated rings. The quantitative estimate of drug-likeness (QED) is 0.848. The van der Waals surface area contributed by atoms with Gasteiger partial charge in [-0.25, -0.2) is 0 Å². The first-order valence-corrected chi connectivity index (χ1v) is 8.37. The fourth-order valence-electron chi connectivity index (χ4n) is 2.66. The van der Waals surface area contributed by atoms with Crippen LogP contribution in [-0.4, -0.2) is 40.7 Å². The molecule has 24 heavy (non-hydrogen) atoms. The molecule has 1 amide bonds. The van der Waals surface area contributed by atoms with E-state index in [9.17, 15) is 4.79 Å². The molecule has 1 aliphatic heterocycles. The third kappa shape index (κ3) is 3.76. The average Bonchev–Trinajstić information content (AvgIpc) is 3.05. The summed E-state index contributed by atoms with van der Waals surface area (Å²) in [7, 11) is 0.